The molecule has 25 heavy (non-hydrogen) atoms. The minimum atomic E-state index is -0.344. The first-order valence-electron chi connectivity index (χ1n) is 7.67. The fraction of sp³-hybridized carbons (Fsp3) is 0.211. The number of furan rings is 1. The Bertz CT molecular complexity index is 907. The van der Waals surface area contributed by atoms with Gasteiger partial charge in [0.15, 0.2) is 5.76 Å². The molecule has 6 nitrogen and oxygen atoms in total. The van der Waals surface area contributed by atoms with E-state index in [0.29, 0.717) is 28.5 Å². The third-order valence-corrected chi connectivity index (χ3v) is 3.96. The van der Waals surface area contributed by atoms with Gasteiger partial charge in [-0.05, 0) is 25.1 Å². The first-order chi connectivity index (χ1) is 12.0. The van der Waals surface area contributed by atoms with Crippen molar-refractivity contribution in [2.45, 2.75) is 6.92 Å². The SMILES string of the molecule is COc1cc(NC(=O)c2oc3ccc(OC)cc3c2C)cc(OC)c1. The fourth-order valence-corrected chi connectivity index (χ4v) is 2.61. The summed E-state index contributed by atoms with van der Waals surface area (Å²) in [5.74, 6) is 1.79. The smallest absolute Gasteiger partial charge is 0.291 e. The Balaban J connectivity index is 1.93. The van der Waals surface area contributed by atoms with E-state index in [4.69, 9.17) is 18.6 Å². The highest BCUT2D eigenvalue weighted by Crippen LogP contribution is 2.30. The third kappa shape index (κ3) is 3.24. The molecule has 0 aliphatic heterocycles. The summed E-state index contributed by atoms with van der Waals surface area (Å²) in [7, 11) is 4.70. The van der Waals surface area contributed by atoms with Gasteiger partial charge < -0.3 is 23.9 Å². The Morgan fingerprint density at radius 1 is 0.920 bits per heavy atom. The van der Waals surface area contributed by atoms with Gasteiger partial charge in [-0.2, -0.15) is 0 Å². The minimum Gasteiger partial charge on any atom is -0.497 e. The summed E-state index contributed by atoms with van der Waals surface area (Å²) in [6.45, 7) is 1.84. The van der Waals surface area contributed by atoms with Crippen molar-refractivity contribution in [2.75, 3.05) is 26.6 Å². The Kier molecular flexibility index (Phi) is 4.52. The van der Waals surface area contributed by atoms with Crippen LogP contribution in [-0.4, -0.2) is 27.2 Å². The van der Waals surface area contributed by atoms with Gasteiger partial charge in [0.25, 0.3) is 5.91 Å². The number of hydrogen-bond donors (Lipinski definition) is 1. The number of aryl methyl sites for hydroxylation is 1. The van der Waals surface area contributed by atoms with Crippen LogP contribution in [0.25, 0.3) is 11.0 Å². The quantitative estimate of drug-likeness (QED) is 0.759. The van der Waals surface area contributed by atoms with Crippen LogP contribution in [0.4, 0.5) is 5.69 Å². The summed E-state index contributed by atoms with van der Waals surface area (Å²) in [5, 5.41) is 3.65. The number of amides is 1. The molecule has 0 fully saturated rings. The number of benzene rings is 2. The number of nitrogens with one attached hydrogen (secondary N) is 1. The second-order valence-electron chi connectivity index (χ2n) is 5.47. The van der Waals surface area contributed by atoms with E-state index in [-0.39, 0.29) is 11.7 Å². The van der Waals surface area contributed by atoms with Gasteiger partial charge >= 0.3 is 0 Å². The predicted octanol–water partition coefficient (Wildman–Crippen LogP) is 4.02. The highest BCUT2D eigenvalue weighted by molar-refractivity contribution is 6.06. The van der Waals surface area contributed by atoms with E-state index in [1.165, 1.54) is 0 Å². The monoisotopic (exact) mass is 341 g/mol. The third-order valence-electron chi connectivity index (χ3n) is 3.96. The van der Waals surface area contributed by atoms with E-state index in [9.17, 15) is 4.79 Å². The summed E-state index contributed by atoms with van der Waals surface area (Å²) in [5.41, 5.74) is 1.94. The van der Waals surface area contributed by atoms with Crippen molar-refractivity contribution in [3.05, 3.63) is 47.7 Å². The number of carbonyl (C=O) groups excluding carboxylic acids is 1. The molecule has 0 saturated heterocycles. The van der Waals surface area contributed by atoms with Crippen molar-refractivity contribution >= 4 is 22.6 Å². The first-order valence-corrected chi connectivity index (χ1v) is 7.67. The summed E-state index contributed by atoms with van der Waals surface area (Å²) in [6.07, 6.45) is 0. The molecule has 0 aliphatic carbocycles. The molecule has 1 N–H and O–H groups in total. The van der Waals surface area contributed by atoms with Crippen LogP contribution >= 0.6 is 0 Å². The van der Waals surface area contributed by atoms with Crippen molar-refractivity contribution in [1.82, 2.24) is 0 Å². The van der Waals surface area contributed by atoms with Crippen LogP contribution in [0, 0.1) is 6.92 Å². The molecule has 0 atom stereocenters. The van der Waals surface area contributed by atoms with Crippen LogP contribution in [0.15, 0.2) is 40.8 Å². The molecule has 6 heteroatoms. The van der Waals surface area contributed by atoms with Crippen LogP contribution in [0.5, 0.6) is 17.2 Å². The molecule has 1 amide bonds. The average Bonchev–Trinajstić information content (AvgIpc) is 2.97. The maximum absolute atomic E-state index is 12.6. The largest absolute Gasteiger partial charge is 0.497 e. The predicted molar refractivity (Wildman–Crippen MR) is 95.0 cm³/mol. The summed E-state index contributed by atoms with van der Waals surface area (Å²) in [6, 6.07) is 10.6. The molecule has 0 bridgehead atoms. The Labute approximate surface area is 145 Å². The van der Waals surface area contributed by atoms with E-state index < -0.39 is 0 Å². The molecule has 0 aliphatic rings. The number of fused-ring (bicyclic) bond motifs is 1. The lowest BCUT2D eigenvalue weighted by Gasteiger charge is -2.09. The van der Waals surface area contributed by atoms with Gasteiger partial charge in [-0.25, -0.2) is 0 Å². The Morgan fingerprint density at radius 2 is 1.56 bits per heavy atom. The Hall–Kier alpha value is -3.15. The first kappa shape index (κ1) is 16.7. The van der Waals surface area contributed by atoms with Gasteiger partial charge in [0, 0.05) is 34.8 Å². The van der Waals surface area contributed by atoms with Crippen molar-refractivity contribution in [3.63, 3.8) is 0 Å². The fourth-order valence-electron chi connectivity index (χ4n) is 2.61. The number of methoxy groups -OCH3 is 3. The summed E-state index contributed by atoms with van der Waals surface area (Å²) < 4.78 is 21.4. The van der Waals surface area contributed by atoms with Crippen LogP contribution in [-0.2, 0) is 0 Å². The van der Waals surface area contributed by atoms with Gasteiger partial charge in [0.1, 0.15) is 22.8 Å². The van der Waals surface area contributed by atoms with Gasteiger partial charge in [-0.15, -0.1) is 0 Å². The molecule has 1 aromatic heterocycles. The van der Waals surface area contributed by atoms with Crippen LogP contribution in [0.1, 0.15) is 16.1 Å². The zero-order chi connectivity index (χ0) is 18.0. The zero-order valence-corrected chi connectivity index (χ0v) is 14.5. The number of anilines is 1. The number of rotatable bonds is 5. The molecule has 3 rings (SSSR count). The zero-order valence-electron chi connectivity index (χ0n) is 14.5. The minimum absolute atomic E-state index is 0.255. The standard InChI is InChI=1S/C19H19NO5/c1-11-16-10-13(22-2)5-6-17(16)25-18(11)19(21)20-12-7-14(23-3)9-15(8-12)24-4/h5-10H,1-4H3,(H,20,21). The normalized spacial score (nSPS) is 10.6. The molecule has 130 valence electrons. The van der Waals surface area contributed by atoms with Gasteiger partial charge in [-0.3, -0.25) is 4.79 Å². The molecule has 0 saturated carbocycles. The second kappa shape index (κ2) is 6.76. The number of hydrogen-bond acceptors (Lipinski definition) is 5. The number of carbonyl (C=O) groups is 1. The van der Waals surface area contributed by atoms with Gasteiger partial charge in [0.2, 0.25) is 0 Å². The van der Waals surface area contributed by atoms with Crippen molar-refractivity contribution in [3.8, 4) is 17.2 Å². The van der Waals surface area contributed by atoms with E-state index in [2.05, 4.69) is 5.32 Å². The molecular weight excluding hydrogens is 322 g/mol. The van der Waals surface area contributed by atoms with Crippen LogP contribution in [0.3, 0.4) is 0 Å². The lowest BCUT2D eigenvalue weighted by atomic mass is 10.1. The van der Waals surface area contributed by atoms with Crippen LogP contribution in [0.2, 0.25) is 0 Å². The van der Waals surface area contributed by atoms with E-state index in [1.54, 1.807) is 51.7 Å². The summed E-state index contributed by atoms with van der Waals surface area (Å²) in [4.78, 5) is 12.6. The van der Waals surface area contributed by atoms with Crippen LogP contribution < -0.4 is 19.5 Å². The van der Waals surface area contributed by atoms with E-state index in [1.807, 2.05) is 13.0 Å². The molecule has 2 aromatic carbocycles. The maximum atomic E-state index is 12.6. The molecular formula is C19H19NO5. The molecule has 0 radical (unpaired) electrons. The summed E-state index contributed by atoms with van der Waals surface area (Å²) >= 11 is 0. The van der Waals surface area contributed by atoms with Crippen molar-refractivity contribution < 1.29 is 23.4 Å². The second-order valence-corrected chi connectivity index (χ2v) is 5.47. The van der Waals surface area contributed by atoms with E-state index in [0.717, 1.165) is 10.9 Å². The van der Waals surface area contributed by atoms with Crippen molar-refractivity contribution in [2.24, 2.45) is 0 Å². The topological polar surface area (TPSA) is 69.9 Å². The van der Waals surface area contributed by atoms with Gasteiger partial charge in [0.05, 0.1) is 21.3 Å². The molecule has 0 unspecified atom stereocenters. The molecule has 3 aromatic rings. The lowest BCUT2D eigenvalue weighted by Crippen LogP contribution is -2.12. The van der Waals surface area contributed by atoms with Crippen molar-refractivity contribution in [1.29, 1.82) is 0 Å². The highest BCUT2D eigenvalue weighted by Gasteiger charge is 2.19. The molecule has 0 spiro atoms. The van der Waals surface area contributed by atoms with Gasteiger partial charge in [-0.1, -0.05) is 0 Å². The Morgan fingerprint density at radius 3 is 2.16 bits per heavy atom. The molecule has 1 heterocycles. The maximum Gasteiger partial charge on any atom is 0.291 e. The average molecular weight is 341 g/mol. The highest BCUT2D eigenvalue weighted by atomic mass is 16.5. The number of ether oxygens (including phenoxy) is 3. The van der Waals surface area contributed by atoms with E-state index >= 15 is 0 Å². The lowest BCUT2D eigenvalue weighted by molar-refractivity contribution is 0.0998.